The van der Waals surface area contributed by atoms with Gasteiger partial charge in [0.2, 0.25) is 17.7 Å². The van der Waals surface area contributed by atoms with Crippen LogP contribution in [0.15, 0.2) is 154 Å². The number of fused-ring (bicyclic) bond motifs is 5. The molecule has 1 aliphatic heterocycles. The first kappa shape index (κ1) is 34.3. The summed E-state index contributed by atoms with van der Waals surface area (Å²) in [7, 11) is 0. The molecule has 2 fully saturated rings. The number of amides is 2. The van der Waals surface area contributed by atoms with Crippen LogP contribution in [0.3, 0.4) is 0 Å². The third-order valence-electron chi connectivity index (χ3n) is 12.3. The number of benzene rings is 5. The van der Waals surface area contributed by atoms with Crippen molar-refractivity contribution in [3.8, 4) is 17.2 Å². The Bertz CT molecular complexity index is 2650. The fourth-order valence-electron chi connectivity index (χ4n) is 9.98. The highest BCUT2D eigenvalue weighted by Crippen LogP contribution is 2.64. The molecule has 1 N–H and O–H groups in total. The molecule has 5 aromatic carbocycles. The number of aromatic nitrogens is 1. The summed E-state index contributed by atoms with van der Waals surface area (Å²) in [5.41, 5.74) is 3.96. The minimum absolute atomic E-state index is 0.0245. The number of aromatic hydroxyl groups is 1. The van der Waals surface area contributed by atoms with Gasteiger partial charge in [-0.25, -0.2) is 4.98 Å². The van der Waals surface area contributed by atoms with E-state index in [9.17, 15) is 14.7 Å². The number of halogens is 1. The molecule has 274 valence electrons. The number of carbonyl (C=O) groups excluding carboxylic acids is 4. The molecular weight excluding hydrogens is 768 g/mol. The fourth-order valence-corrected chi connectivity index (χ4v) is 10.4. The maximum absolute atomic E-state index is 15.2. The van der Waals surface area contributed by atoms with E-state index in [1.807, 2.05) is 91.0 Å². The first-order valence-electron chi connectivity index (χ1n) is 18.7. The predicted octanol–water partition coefficient (Wildman–Crippen LogP) is 8.99. The number of ketones is 2. The number of allylic oxidation sites excluding steroid dienone is 4. The molecule has 6 atom stereocenters. The second-order valence-electron chi connectivity index (χ2n) is 15.0. The molecule has 0 spiro atoms. The van der Waals surface area contributed by atoms with Gasteiger partial charge in [0.1, 0.15) is 11.3 Å². The standard InChI is InChI=1S/C47H33BrN2O6/c48-29-17-22-38(51)35(23-29)42-31-20-21-32-41(46(55)50(45(32)54)30-18-15-27(16-19-30)44-49-37-13-7-8-14-39(37)56-44)34(31)24-36-43(53)33(26-9-3-1-4-10-26)25-40(52)47(36,42)28-11-5-2-6-12-28/h1-20,22-23,25,32,34,36,41-42,51H,21,24H2. The molecule has 1 aromatic heterocycles. The molecule has 56 heavy (non-hydrogen) atoms. The Morgan fingerprint density at radius 1 is 0.768 bits per heavy atom. The minimum atomic E-state index is -1.43. The van der Waals surface area contributed by atoms with Crippen LogP contribution in [0.4, 0.5) is 5.69 Å². The number of hydrogen-bond acceptors (Lipinski definition) is 7. The van der Waals surface area contributed by atoms with Gasteiger partial charge in [-0.1, -0.05) is 100 Å². The van der Waals surface area contributed by atoms with Crippen molar-refractivity contribution >= 4 is 61.7 Å². The van der Waals surface area contributed by atoms with Gasteiger partial charge >= 0.3 is 0 Å². The van der Waals surface area contributed by atoms with Crippen molar-refractivity contribution in [1.29, 1.82) is 0 Å². The largest absolute Gasteiger partial charge is 0.508 e. The third-order valence-corrected chi connectivity index (χ3v) is 12.8. The van der Waals surface area contributed by atoms with Gasteiger partial charge in [-0.15, -0.1) is 0 Å². The topological polar surface area (TPSA) is 118 Å². The van der Waals surface area contributed by atoms with Crippen LogP contribution in [0, 0.1) is 23.7 Å². The van der Waals surface area contributed by atoms with E-state index < -0.39 is 35.0 Å². The molecule has 8 nitrogen and oxygen atoms in total. The Balaban J connectivity index is 1.10. The molecule has 4 aliphatic rings. The molecule has 10 rings (SSSR count). The molecule has 6 unspecified atom stereocenters. The maximum Gasteiger partial charge on any atom is 0.238 e. The van der Waals surface area contributed by atoms with Crippen LogP contribution in [0.1, 0.15) is 35.4 Å². The van der Waals surface area contributed by atoms with E-state index in [1.165, 1.54) is 11.0 Å². The highest BCUT2D eigenvalue weighted by molar-refractivity contribution is 9.10. The summed E-state index contributed by atoms with van der Waals surface area (Å²) < 4.78 is 6.64. The van der Waals surface area contributed by atoms with Gasteiger partial charge in [-0.05, 0) is 90.6 Å². The van der Waals surface area contributed by atoms with Crippen LogP contribution in [-0.4, -0.2) is 33.5 Å². The lowest BCUT2D eigenvalue weighted by atomic mass is 9.44. The van der Waals surface area contributed by atoms with Crippen molar-refractivity contribution in [2.24, 2.45) is 23.7 Å². The molecule has 9 heteroatoms. The van der Waals surface area contributed by atoms with Gasteiger partial charge < -0.3 is 9.52 Å². The molecule has 1 saturated heterocycles. The van der Waals surface area contributed by atoms with Gasteiger partial charge in [-0.3, -0.25) is 24.1 Å². The molecule has 2 amide bonds. The Labute approximate surface area is 330 Å². The van der Waals surface area contributed by atoms with E-state index in [4.69, 9.17) is 4.42 Å². The highest BCUT2D eigenvalue weighted by atomic mass is 79.9. The number of anilines is 1. The molecule has 3 aliphatic carbocycles. The second-order valence-corrected chi connectivity index (χ2v) is 16.0. The van der Waals surface area contributed by atoms with Crippen molar-refractivity contribution in [2.75, 3.05) is 4.90 Å². The summed E-state index contributed by atoms with van der Waals surface area (Å²) in [6.45, 7) is 0. The molecule has 0 bridgehead atoms. The van der Waals surface area contributed by atoms with Crippen molar-refractivity contribution in [3.05, 3.63) is 166 Å². The normalized spacial score (nSPS) is 25.7. The van der Waals surface area contributed by atoms with Crippen molar-refractivity contribution in [1.82, 2.24) is 4.98 Å². The third kappa shape index (κ3) is 5.00. The summed E-state index contributed by atoms with van der Waals surface area (Å²) in [6.07, 6.45) is 3.92. The fraction of sp³-hybridized carbons (Fsp3) is 0.170. The summed E-state index contributed by atoms with van der Waals surface area (Å²) in [6, 6.07) is 38.2. The van der Waals surface area contributed by atoms with Crippen molar-refractivity contribution in [3.63, 3.8) is 0 Å². The molecular formula is C47H33BrN2O6. The van der Waals surface area contributed by atoms with Crippen LogP contribution in [0.25, 0.3) is 28.1 Å². The number of oxazole rings is 1. The van der Waals surface area contributed by atoms with Crippen LogP contribution in [-0.2, 0) is 24.6 Å². The number of rotatable bonds is 5. The zero-order valence-corrected chi connectivity index (χ0v) is 31.4. The van der Waals surface area contributed by atoms with Crippen LogP contribution in [0.5, 0.6) is 5.75 Å². The predicted molar refractivity (Wildman–Crippen MR) is 214 cm³/mol. The van der Waals surface area contributed by atoms with Crippen LogP contribution in [0.2, 0.25) is 0 Å². The first-order chi connectivity index (χ1) is 27.3. The van der Waals surface area contributed by atoms with Gasteiger partial charge in [0, 0.05) is 33.0 Å². The van der Waals surface area contributed by atoms with Gasteiger partial charge in [-0.2, -0.15) is 0 Å². The van der Waals surface area contributed by atoms with E-state index in [1.54, 1.807) is 42.5 Å². The lowest BCUT2D eigenvalue weighted by Gasteiger charge is -2.55. The molecule has 6 aromatic rings. The first-order valence-corrected chi connectivity index (χ1v) is 19.5. The SMILES string of the molecule is O=C1C(c2ccccc2)=CC(=O)C2(c3ccccc3)C1CC1C(=CCC3C(=O)N(c4ccc(-c5nc6ccccc6o5)cc4)C(=O)C31)C2c1cc(Br)ccc1O. The van der Waals surface area contributed by atoms with Crippen molar-refractivity contribution in [2.45, 2.75) is 24.2 Å². The number of phenolic OH excluding ortho intramolecular Hbond substituents is 1. The van der Waals surface area contributed by atoms with Crippen LogP contribution >= 0.6 is 15.9 Å². The average Bonchev–Trinajstić information content (AvgIpc) is 3.78. The lowest BCUT2D eigenvalue weighted by molar-refractivity contribution is -0.135. The highest BCUT2D eigenvalue weighted by Gasteiger charge is 2.66. The van der Waals surface area contributed by atoms with Crippen molar-refractivity contribution < 1.29 is 28.7 Å². The van der Waals surface area contributed by atoms with Gasteiger partial charge in [0.15, 0.2) is 17.1 Å². The van der Waals surface area contributed by atoms with Gasteiger partial charge in [0.25, 0.3) is 0 Å². The second kappa shape index (κ2) is 13.0. The summed E-state index contributed by atoms with van der Waals surface area (Å²) in [4.78, 5) is 65.3. The lowest BCUT2D eigenvalue weighted by Crippen LogP contribution is -2.58. The summed E-state index contributed by atoms with van der Waals surface area (Å²) in [5.74, 6) is -4.41. The number of imide groups is 1. The summed E-state index contributed by atoms with van der Waals surface area (Å²) in [5, 5.41) is 11.6. The monoisotopic (exact) mass is 800 g/mol. The minimum Gasteiger partial charge on any atom is -0.508 e. The molecule has 0 radical (unpaired) electrons. The van der Waals surface area contributed by atoms with E-state index >= 15 is 9.59 Å². The van der Waals surface area contributed by atoms with E-state index in [2.05, 4.69) is 20.9 Å². The average molecular weight is 802 g/mol. The number of nitrogens with zero attached hydrogens (tertiary/aromatic N) is 2. The van der Waals surface area contributed by atoms with Gasteiger partial charge in [0.05, 0.1) is 22.9 Å². The Hall–Kier alpha value is -6.19. The Kier molecular flexibility index (Phi) is 7.94. The Morgan fingerprint density at radius 2 is 1.48 bits per heavy atom. The quantitative estimate of drug-likeness (QED) is 0.137. The number of phenols is 1. The number of carbonyl (C=O) groups is 4. The van der Waals surface area contributed by atoms with Crippen LogP contribution < -0.4 is 4.90 Å². The summed E-state index contributed by atoms with van der Waals surface area (Å²) >= 11 is 3.60. The maximum atomic E-state index is 15.2. The smallest absolute Gasteiger partial charge is 0.238 e. The molecule has 2 heterocycles. The zero-order valence-electron chi connectivity index (χ0n) is 29.8. The number of para-hydroxylation sites is 2. The number of Topliss-reactive ketones (excluding diaryl/α,β-unsaturated/α-hetero) is 1. The molecule has 1 saturated carbocycles. The Morgan fingerprint density at radius 3 is 2.23 bits per heavy atom. The zero-order chi connectivity index (χ0) is 38.3. The van der Waals surface area contributed by atoms with E-state index in [0.717, 1.165) is 11.1 Å². The van der Waals surface area contributed by atoms with E-state index in [-0.39, 0.29) is 42.0 Å². The van der Waals surface area contributed by atoms with E-state index in [0.29, 0.717) is 49.5 Å². The number of hydrogen-bond donors (Lipinski definition) is 1.